The highest BCUT2D eigenvalue weighted by Crippen LogP contribution is 1.78. The lowest BCUT2D eigenvalue weighted by Gasteiger charge is -1.94. The number of aliphatic hydroxyl groups excluding tert-OH is 3. The van der Waals surface area contributed by atoms with Crippen molar-refractivity contribution in [2.45, 2.75) is 19.8 Å². The van der Waals surface area contributed by atoms with Gasteiger partial charge >= 0.3 is 0 Å². The normalized spacial score (nSPS) is 9.00. The van der Waals surface area contributed by atoms with Crippen molar-refractivity contribution in [3.05, 3.63) is 0 Å². The van der Waals surface area contributed by atoms with E-state index >= 15 is 0 Å². The Labute approximate surface area is 73.8 Å². The Kier molecular flexibility index (Phi) is 20.4. The van der Waals surface area contributed by atoms with Crippen molar-refractivity contribution in [1.82, 2.24) is 0 Å². The predicted molar refractivity (Wildman–Crippen MR) is 47.0 cm³/mol. The predicted octanol–water partition coefficient (Wildman–Crippen LogP) is -0.234. The van der Waals surface area contributed by atoms with E-state index in [0.717, 1.165) is 12.8 Å². The second-order valence-corrected chi connectivity index (χ2v) is 2.14. The summed E-state index contributed by atoms with van der Waals surface area (Å²) in [6.07, 6.45) is 2.04. The summed E-state index contributed by atoms with van der Waals surface area (Å²) in [6, 6.07) is 0. The molecule has 0 amide bonds. The third-order valence-electron chi connectivity index (χ3n) is 0.983. The molecule has 0 radical (unpaired) electrons. The van der Waals surface area contributed by atoms with Gasteiger partial charge in [-0.1, -0.05) is 13.3 Å². The molecule has 0 aliphatic carbocycles. The number of aliphatic hydroxyl groups is 3. The second kappa shape index (κ2) is 17.1. The molecule has 0 heterocycles. The van der Waals surface area contributed by atoms with Crippen LogP contribution < -0.4 is 0 Å². The molecule has 0 spiro atoms. The zero-order valence-corrected chi connectivity index (χ0v) is 7.70. The van der Waals surface area contributed by atoms with Crippen LogP contribution in [0, 0.1) is 0 Å². The van der Waals surface area contributed by atoms with Crippen LogP contribution in [0.4, 0.5) is 0 Å². The molecule has 0 rings (SSSR count). The van der Waals surface area contributed by atoms with E-state index in [-0.39, 0.29) is 13.2 Å². The van der Waals surface area contributed by atoms with E-state index in [2.05, 4.69) is 11.7 Å². The van der Waals surface area contributed by atoms with Gasteiger partial charge in [0.25, 0.3) is 0 Å². The quantitative estimate of drug-likeness (QED) is 0.494. The van der Waals surface area contributed by atoms with Crippen LogP contribution in [-0.4, -0.2) is 48.4 Å². The summed E-state index contributed by atoms with van der Waals surface area (Å²) in [6.45, 7) is 3.09. The molecule has 0 saturated carbocycles. The Bertz CT molecular complexity index is 53.0. The first-order chi connectivity index (χ1) is 5.83. The monoisotopic (exact) mass is 180 g/mol. The van der Waals surface area contributed by atoms with Crippen molar-refractivity contribution in [1.29, 1.82) is 0 Å². The number of unbranched alkanes of at least 4 members (excludes halogenated alkanes) is 1. The van der Waals surface area contributed by atoms with Crippen molar-refractivity contribution < 1.29 is 20.1 Å². The summed E-state index contributed by atoms with van der Waals surface area (Å²) >= 11 is 0. The first-order valence-electron chi connectivity index (χ1n) is 4.23. The molecular formula is C8H20O4. The average Bonchev–Trinajstić information content (AvgIpc) is 2.08. The summed E-state index contributed by atoms with van der Waals surface area (Å²) in [5, 5.41) is 24.2. The van der Waals surface area contributed by atoms with Gasteiger partial charge < -0.3 is 20.1 Å². The van der Waals surface area contributed by atoms with Crippen LogP contribution in [-0.2, 0) is 4.74 Å². The van der Waals surface area contributed by atoms with E-state index in [0.29, 0.717) is 19.8 Å². The maximum Gasteiger partial charge on any atom is 0.0698 e. The fourth-order valence-electron chi connectivity index (χ4n) is 0.389. The van der Waals surface area contributed by atoms with Crippen LogP contribution in [0.3, 0.4) is 0 Å². The molecule has 0 saturated heterocycles. The molecular weight excluding hydrogens is 160 g/mol. The average molecular weight is 180 g/mol. The van der Waals surface area contributed by atoms with Crippen molar-refractivity contribution in [2.24, 2.45) is 0 Å². The van der Waals surface area contributed by atoms with Gasteiger partial charge in [-0.3, -0.25) is 0 Å². The lowest BCUT2D eigenvalue weighted by atomic mass is 10.4. The molecule has 4 heteroatoms. The topological polar surface area (TPSA) is 69.9 Å². The minimum Gasteiger partial charge on any atom is -0.396 e. The van der Waals surface area contributed by atoms with Gasteiger partial charge in [0.15, 0.2) is 0 Å². The van der Waals surface area contributed by atoms with Crippen LogP contribution in [0.25, 0.3) is 0 Å². The van der Waals surface area contributed by atoms with Crippen molar-refractivity contribution in [3.63, 3.8) is 0 Å². The number of hydrogen-bond acceptors (Lipinski definition) is 4. The summed E-state index contributed by atoms with van der Waals surface area (Å²) in [4.78, 5) is 0. The van der Waals surface area contributed by atoms with E-state index in [1.54, 1.807) is 0 Å². The van der Waals surface area contributed by atoms with E-state index in [9.17, 15) is 0 Å². The summed E-state index contributed by atoms with van der Waals surface area (Å²) in [7, 11) is 0. The Morgan fingerprint density at radius 2 is 1.42 bits per heavy atom. The fourth-order valence-corrected chi connectivity index (χ4v) is 0.389. The van der Waals surface area contributed by atoms with E-state index in [1.165, 1.54) is 0 Å². The molecule has 0 aromatic heterocycles. The Morgan fingerprint density at radius 1 is 0.917 bits per heavy atom. The highest BCUT2D eigenvalue weighted by molar-refractivity contribution is 4.24. The Balaban J connectivity index is 0. The smallest absolute Gasteiger partial charge is 0.0698 e. The van der Waals surface area contributed by atoms with Crippen LogP contribution in [0.15, 0.2) is 0 Å². The highest BCUT2D eigenvalue weighted by atomic mass is 16.5. The zero-order chi connectivity index (χ0) is 9.66. The third-order valence-corrected chi connectivity index (χ3v) is 0.983. The lowest BCUT2D eigenvalue weighted by molar-refractivity contribution is 0.0650. The molecule has 0 unspecified atom stereocenters. The van der Waals surface area contributed by atoms with Gasteiger partial charge in [0.1, 0.15) is 0 Å². The van der Waals surface area contributed by atoms with Crippen LogP contribution in [0.2, 0.25) is 0 Å². The molecule has 0 aromatic carbocycles. The molecule has 12 heavy (non-hydrogen) atoms. The maximum absolute atomic E-state index is 8.09. The summed E-state index contributed by atoms with van der Waals surface area (Å²) in [5.74, 6) is 0. The molecule has 76 valence electrons. The van der Waals surface area contributed by atoms with Crippen LogP contribution in [0.5, 0.6) is 0 Å². The molecule has 0 aliphatic heterocycles. The SMILES string of the molecule is CCCCO.OCCOCCO. The van der Waals surface area contributed by atoms with Gasteiger partial charge in [-0.15, -0.1) is 0 Å². The molecule has 3 N–H and O–H groups in total. The second-order valence-electron chi connectivity index (χ2n) is 2.14. The first kappa shape index (κ1) is 14.4. The molecule has 0 aromatic rings. The number of ether oxygens (including phenoxy) is 1. The van der Waals surface area contributed by atoms with Gasteiger partial charge in [0, 0.05) is 6.61 Å². The Morgan fingerprint density at radius 3 is 1.58 bits per heavy atom. The minimum atomic E-state index is 0.0278. The molecule has 4 nitrogen and oxygen atoms in total. The van der Waals surface area contributed by atoms with E-state index < -0.39 is 0 Å². The lowest BCUT2D eigenvalue weighted by Crippen LogP contribution is -2.03. The largest absolute Gasteiger partial charge is 0.396 e. The van der Waals surface area contributed by atoms with Gasteiger partial charge in [0.2, 0.25) is 0 Å². The van der Waals surface area contributed by atoms with Crippen molar-refractivity contribution in [2.75, 3.05) is 33.0 Å². The summed E-state index contributed by atoms with van der Waals surface area (Å²) < 4.78 is 4.63. The summed E-state index contributed by atoms with van der Waals surface area (Å²) in [5.41, 5.74) is 0. The minimum absolute atomic E-state index is 0.0278. The maximum atomic E-state index is 8.09. The zero-order valence-electron chi connectivity index (χ0n) is 7.70. The Hall–Kier alpha value is -0.160. The first-order valence-corrected chi connectivity index (χ1v) is 4.23. The number of hydrogen-bond donors (Lipinski definition) is 3. The van der Waals surface area contributed by atoms with Gasteiger partial charge in [0.05, 0.1) is 26.4 Å². The molecule has 0 bridgehead atoms. The molecule has 0 aliphatic rings. The molecule has 0 atom stereocenters. The third kappa shape index (κ3) is 22.5. The van der Waals surface area contributed by atoms with Crippen LogP contribution in [0.1, 0.15) is 19.8 Å². The fraction of sp³-hybridized carbons (Fsp3) is 1.00. The van der Waals surface area contributed by atoms with Gasteiger partial charge in [-0.05, 0) is 6.42 Å². The van der Waals surface area contributed by atoms with Gasteiger partial charge in [-0.25, -0.2) is 0 Å². The van der Waals surface area contributed by atoms with E-state index in [4.69, 9.17) is 15.3 Å². The number of rotatable bonds is 6. The van der Waals surface area contributed by atoms with Crippen LogP contribution >= 0.6 is 0 Å². The van der Waals surface area contributed by atoms with Crippen molar-refractivity contribution in [3.8, 4) is 0 Å². The highest BCUT2D eigenvalue weighted by Gasteiger charge is 1.79. The molecule has 0 fully saturated rings. The van der Waals surface area contributed by atoms with E-state index in [1.807, 2.05) is 0 Å². The van der Waals surface area contributed by atoms with Gasteiger partial charge in [-0.2, -0.15) is 0 Å². The van der Waals surface area contributed by atoms with Crippen molar-refractivity contribution >= 4 is 0 Å². The standard InChI is InChI=1S/C4H10O3.C4H10O/c5-1-3-7-4-2-6;1-2-3-4-5/h5-6H,1-4H2;5H,2-4H2,1H3.